The SMILES string of the molecule is CCCOCCN[C@@H](C)c1ccc(C)cc1. The molecule has 1 aromatic carbocycles. The van der Waals surface area contributed by atoms with E-state index in [-0.39, 0.29) is 0 Å². The van der Waals surface area contributed by atoms with Gasteiger partial charge in [0.15, 0.2) is 0 Å². The number of nitrogens with one attached hydrogen (secondary N) is 1. The second kappa shape index (κ2) is 7.42. The molecule has 0 aliphatic heterocycles. The van der Waals surface area contributed by atoms with E-state index in [0.29, 0.717) is 6.04 Å². The van der Waals surface area contributed by atoms with Crippen LogP contribution in [0.1, 0.15) is 37.4 Å². The van der Waals surface area contributed by atoms with E-state index >= 15 is 0 Å². The average molecular weight is 221 g/mol. The highest BCUT2D eigenvalue weighted by molar-refractivity contribution is 5.23. The Kier molecular flexibility index (Phi) is 6.12. The predicted octanol–water partition coefficient (Wildman–Crippen LogP) is 3.07. The molecule has 0 aliphatic rings. The molecule has 0 aliphatic carbocycles. The Morgan fingerprint density at radius 3 is 2.50 bits per heavy atom. The maximum atomic E-state index is 5.43. The van der Waals surface area contributed by atoms with Crippen LogP contribution in [-0.2, 0) is 4.74 Å². The minimum absolute atomic E-state index is 0.394. The molecule has 0 amide bonds. The second-order valence-corrected chi connectivity index (χ2v) is 4.20. The molecular formula is C14H23NO. The fraction of sp³-hybridized carbons (Fsp3) is 0.571. The van der Waals surface area contributed by atoms with Crippen molar-refractivity contribution in [1.29, 1.82) is 0 Å². The molecule has 0 aromatic heterocycles. The maximum Gasteiger partial charge on any atom is 0.0591 e. The summed E-state index contributed by atoms with van der Waals surface area (Å²) in [6, 6.07) is 9.06. The Morgan fingerprint density at radius 1 is 1.19 bits per heavy atom. The van der Waals surface area contributed by atoms with Gasteiger partial charge in [-0.15, -0.1) is 0 Å². The molecule has 0 heterocycles. The Balaban J connectivity index is 2.24. The Bertz CT molecular complexity index is 281. The number of ether oxygens (including phenoxy) is 1. The van der Waals surface area contributed by atoms with Crippen LogP contribution in [0.15, 0.2) is 24.3 Å². The van der Waals surface area contributed by atoms with Crippen LogP contribution < -0.4 is 5.32 Å². The van der Waals surface area contributed by atoms with Gasteiger partial charge in [-0.05, 0) is 25.8 Å². The number of hydrogen-bond donors (Lipinski definition) is 1. The lowest BCUT2D eigenvalue weighted by Crippen LogP contribution is -2.23. The molecule has 1 aromatic rings. The lowest BCUT2D eigenvalue weighted by Gasteiger charge is -2.14. The third-order valence-corrected chi connectivity index (χ3v) is 2.62. The first kappa shape index (κ1) is 13.2. The topological polar surface area (TPSA) is 21.3 Å². The molecule has 2 nitrogen and oxygen atoms in total. The second-order valence-electron chi connectivity index (χ2n) is 4.20. The summed E-state index contributed by atoms with van der Waals surface area (Å²) in [5, 5.41) is 3.45. The molecule has 0 saturated heterocycles. The Morgan fingerprint density at radius 2 is 1.88 bits per heavy atom. The largest absolute Gasteiger partial charge is 0.380 e. The summed E-state index contributed by atoms with van der Waals surface area (Å²) in [6.07, 6.45) is 1.09. The van der Waals surface area contributed by atoms with Crippen LogP contribution in [0, 0.1) is 6.92 Å². The summed E-state index contributed by atoms with van der Waals surface area (Å²) < 4.78 is 5.43. The first-order valence-electron chi connectivity index (χ1n) is 6.11. The highest BCUT2D eigenvalue weighted by Crippen LogP contribution is 2.12. The molecule has 2 heteroatoms. The van der Waals surface area contributed by atoms with Gasteiger partial charge in [0.05, 0.1) is 6.61 Å². The van der Waals surface area contributed by atoms with Crippen LogP contribution in [0.5, 0.6) is 0 Å². The van der Waals surface area contributed by atoms with Crippen LogP contribution >= 0.6 is 0 Å². The van der Waals surface area contributed by atoms with Crippen molar-refractivity contribution >= 4 is 0 Å². The first-order valence-corrected chi connectivity index (χ1v) is 6.11. The smallest absolute Gasteiger partial charge is 0.0591 e. The van der Waals surface area contributed by atoms with Crippen LogP contribution in [0.3, 0.4) is 0 Å². The summed E-state index contributed by atoms with van der Waals surface area (Å²) in [5.41, 5.74) is 2.64. The maximum absolute atomic E-state index is 5.43. The van der Waals surface area contributed by atoms with Crippen molar-refractivity contribution < 1.29 is 4.74 Å². The van der Waals surface area contributed by atoms with Crippen LogP contribution in [0.2, 0.25) is 0 Å². The van der Waals surface area contributed by atoms with Crippen molar-refractivity contribution in [2.24, 2.45) is 0 Å². The highest BCUT2D eigenvalue weighted by Gasteiger charge is 2.03. The van der Waals surface area contributed by atoms with E-state index in [0.717, 1.165) is 26.2 Å². The number of benzene rings is 1. The fourth-order valence-corrected chi connectivity index (χ4v) is 1.57. The molecule has 0 bridgehead atoms. The zero-order valence-electron chi connectivity index (χ0n) is 10.6. The molecule has 1 N–H and O–H groups in total. The van der Waals surface area contributed by atoms with Gasteiger partial charge in [-0.25, -0.2) is 0 Å². The van der Waals surface area contributed by atoms with E-state index in [2.05, 4.69) is 50.4 Å². The van der Waals surface area contributed by atoms with Gasteiger partial charge < -0.3 is 10.1 Å². The van der Waals surface area contributed by atoms with Crippen molar-refractivity contribution in [3.8, 4) is 0 Å². The van der Waals surface area contributed by atoms with Gasteiger partial charge in [0, 0.05) is 19.2 Å². The fourth-order valence-electron chi connectivity index (χ4n) is 1.57. The van der Waals surface area contributed by atoms with E-state index in [1.807, 2.05) is 0 Å². The molecule has 1 rings (SSSR count). The van der Waals surface area contributed by atoms with E-state index in [9.17, 15) is 0 Å². The third-order valence-electron chi connectivity index (χ3n) is 2.62. The van der Waals surface area contributed by atoms with E-state index in [1.165, 1.54) is 11.1 Å². The van der Waals surface area contributed by atoms with Gasteiger partial charge in [-0.1, -0.05) is 36.8 Å². The van der Waals surface area contributed by atoms with Crippen LogP contribution in [-0.4, -0.2) is 19.8 Å². The molecular weight excluding hydrogens is 198 g/mol. The molecule has 0 saturated carbocycles. The molecule has 0 spiro atoms. The Labute approximate surface area is 99.0 Å². The van der Waals surface area contributed by atoms with Gasteiger partial charge in [-0.2, -0.15) is 0 Å². The molecule has 1 atom stereocenters. The van der Waals surface area contributed by atoms with Crippen LogP contribution in [0.25, 0.3) is 0 Å². The summed E-state index contributed by atoms with van der Waals surface area (Å²) in [5.74, 6) is 0. The third kappa shape index (κ3) is 4.77. The average Bonchev–Trinajstić information content (AvgIpc) is 2.29. The summed E-state index contributed by atoms with van der Waals surface area (Å²) >= 11 is 0. The molecule has 16 heavy (non-hydrogen) atoms. The van der Waals surface area contributed by atoms with Gasteiger partial charge in [0.2, 0.25) is 0 Å². The number of hydrogen-bond acceptors (Lipinski definition) is 2. The van der Waals surface area contributed by atoms with Crippen molar-refractivity contribution in [3.63, 3.8) is 0 Å². The van der Waals surface area contributed by atoms with Crippen molar-refractivity contribution in [1.82, 2.24) is 5.32 Å². The summed E-state index contributed by atoms with van der Waals surface area (Å²) in [6.45, 7) is 8.99. The van der Waals surface area contributed by atoms with Gasteiger partial charge in [-0.3, -0.25) is 0 Å². The minimum Gasteiger partial charge on any atom is -0.380 e. The predicted molar refractivity (Wildman–Crippen MR) is 68.7 cm³/mol. The summed E-state index contributed by atoms with van der Waals surface area (Å²) in [4.78, 5) is 0. The number of aryl methyl sites for hydroxylation is 1. The van der Waals surface area contributed by atoms with Crippen molar-refractivity contribution in [3.05, 3.63) is 35.4 Å². The van der Waals surface area contributed by atoms with Crippen LogP contribution in [0.4, 0.5) is 0 Å². The lowest BCUT2D eigenvalue weighted by atomic mass is 10.1. The molecule has 0 unspecified atom stereocenters. The highest BCUT2D eigenvalue weighted by atomic mass is 16.5. The molecule has 90 valence electrons. The standard InChI is InChI=1S/C14H23NO/c1-4-10-16-11-9-15-13(3)14-7-5-12(2)6-8-14/h5-8,13,15H,4,9-11H2,1-3H3/t13-/m0/s1. The summed E-state index contributed by atoms with van der Waals surface area (Å²) in [7, 11) is 0. The van der Waals surface area contributed by atoms with Crippen molar-refractivity contribution in [2.75, 3.05) is 19.8 Å². The monoisotopic (exact) mass is 221 g/mol. The zero-order valence-corrected chi connectivity index (χ0v) is 10.6. The Hall–Kier alpha value is -0.860. The quantitative estimate of drug-likeness (QED) is 0.714. The first-order chi connectivity index (χ1) is 7.74. The number of rotatable bonds is 7. The lowest BCUT2D eigenvalue weighted by molar-refractivity contribution is 0.135. The van der Waals surface area contributed by atoms with Gasteiger partial charge >= 0.3 is 0 Å². The normalized spacial score (nSPS) is 12.7. The zero-order chi connectivity index (χ0) is 11.8. The minimum atomic E-state index is 0.394. The van der Waals surface area contributed by atoms with Gasteiger partial charge in [0.25, 0.3) is 0 Å². The van der Waals surface area contributed by atoms with E-state index in [1.54, 1.807) is 0 Å². The van der Waals surface area contributed by atoms with E-state index < -0.39 is 0 Å². The van der Waals surface area contributed by atoms with E-state index in [4.69, 9.17) is 4.74 Å². The molecule has 0 radical (unpaired) electrons. The van der Waals surface area contributed by atoms with Crippen molar-refractivity contribution in [2.45, 2.75) is 33.2 Å². The van der Waals surface area contributed by atoms with Gasteiger partial charge in [0.1, 0.15) is 0 Å². The molecule has 0 fully saturated rings.